The second-order valence-corrected chi connectivity index (χ2v) is 3.32. The molecule has 0 radical (unpaired) electrons. The third kappa shape index (κ3) is 1.15. The molecule has 3 atom stereocenters. The number of Topliss-reactive ketones (excluding diaryl/α,β-unsaturated/α-hetero) is 1. The standard InChI is InChI=1S/C10H10O4/c1-2-3-5-6(4-11)8(13)10-9(14-10)7(5)12/h2-4,8-10,13H,1H3/b3-2+/t8-,9-,10+/m1/s1. The number of hydrogen-bond donors (Lipinski definition) is 1. The van der Waals surface area contributed by atoms with Gasteiger partial charge in [0.2, 0.25) is 0 Å². The highest BCUT2D eigenvalue weighted by Gasteiger charge is 2.55. The van der Waals surface area contributed by atoms with Crippen molar-refractivity contribution >= 4 is 12.1 Å². The number of allylic oxidation sites excluding steroid dienone is 2. The van der Waals surface area contributed by atoms with Gasteiger partial charge in [-0.2, -0.15) is 0 Å². The fourth-order valence-corrected chi connectivity index (χ4v) is 1.68. The van der Waals surface area contributed by atoms with Crippen LogP contribution in [0.15, 0.2) is 23.3 Å². The summed E-state index contributed by atoms with van der Waals surface area (Å²) < 4.78 is 4.98. The van der Waals surface area contributed by atoms with Crippen LogP contribution in [0.5, 0.6) is 0 Å². The molecule has 14 heavy (non-hydrogen) atoms. The monoisotopic (exact) mass is 194 g/mol. The fourth-order valence-electron chi connectivity index (χ4n) is 1.68. The number of aliphatic hydroxyl groups is 1. The smallest absolute Gasteiger partial charge is 0.194 e. The summed E-state index contributed by atoms with van der Waals surface area (Å²) in [5.41, 5.74) is 0.403. The van der Waals surface area contributed by atoms with Crippen molar-refractivity contribution in [3.05, 3.63) is 23.3 Å². The van der Waals surface area contributed by atoms with E-state index in [9.17, 15) is 14.7 Å². The Hall–Kier alpha value is -1.26. The van der Waals surface area contributed by atoms with Gasteiger partial charge in [-0.3, -0.25) is 9.59 Å². The SMILES string of the molecule is C/C=C/C1=C(C=O)[C@@H](O)[C@@H]2O[C@@H]2C1=O. The maximum Gasteiger partial charge on any atom is 0.194 e. The quantitative estimate of drug-likeness (QED) is 0.487. The number of aliphatic hydroxyl groups excluding tert-OH is 1. The average Bonchev–Trinajstić information content (AvgIpc) is 2.94. The fraction of sp³-hybridized carbons (Fsp3) is 0.400. The molecule has 1 N–H and O–H groups in total. The molecule has 1 heterocycles. The predicted octanol–water partition coefficient (Wildman–Crippen LogP) is -0.231. The topological polar surface area (TPSA) is 66.9 Å². The first kappa shape index (κ1) is 9.30. The number of ketones is 1. The van der Waals surface area contributed by atoms with E-state index in [0.717, 1.165) is 0 Å². The van der Waals surface area contributed by atoms with Crippen molar-refractivity contribution in [1.82, 2.24) is 0 Å². The molecular formula is C10H10O4. The molecule has 0 saturated carbocycles. The Morgan fingerprint density at radius 3 is 2.79 bits per heavy atom. The van der Waals surface area contributed by atoms with Crippen molar-refractivity contribution in [3.8, 4) is 0 Å². The van der Waals surface area contributed by atoms with Gasteiger partial charge in [0.1, 0.15) is 24.6 Å². The summed E-state index contributed by atoms with van der Waals surface area (Å²) in [6, 6.07) is 0. The maximum absolute atomic E-state index is 11.6. The van der Waals surface area contributed by atoms with E-state index in [4.69, 9.17) is 4.74 Å². The largest absolute Gasteiger partial charge is 0.385 e. The van der Waals surface area contributed by atoms with Gasteiger partial charge in [0.05, 0.1) is 0 Å². The van der Waals surface area contributed by atoms with Crippen molar-refractivity contribution < 1.29 is 19.4 Å². The van der Waals surface area contributed by atoms with Gasteiger partial charge in [-0.15, -0.1) is 0 Å². The molecule has 0 aromatic rings. The molecule has 4 nitrogen and oxygen atoms in total. The molecule has 1 aliphatic carbocycles. The van der Waals surface area contributed by atoms with Crippen LogP contribution in [0.2, 0.25) is 0 Å². The lowest BCUT2D eigenvalue weighted by Gasteiger charge is -2.14. The molecule has 1 saturated heterocycles. The lowest BCUT2D eigenvalue weighted by atomic mass is 9.89. The van der Waals surface area contributed by atoms with Crippen LogP contribution in [0, 0.1) is 0 Å². The van der Waals surface area contributed by atoms with Crippen LogP contribution in [0.3, 0.4) is 0 Å². The molecule has 0 spiro atoms. The zero-order valence-corrected chi connectivity index (χ0v) is 7.64. The van der Waals surface area contributed by atoms with E-state index < -0.39 is 18.3 Å². The van der Waals surface area contributed by atoms with Crippen LogP contribution >= 0.6 is 0 Å². The van der Waals surface area contributed by atoms with Crippen LogP contribution in [0.25, 0.3) is 0 Å². The first-order valence-corrected chi connectivity index (χ1v) is 4.40. The molecule has 1 aliphatic heterocycles. The molecule has 2 aliphatic rings. The highest BCUT2D eigenvalue weighted by molar-refractivity contribution is 6.09. The minimum atomic E-state index is -0.957. The second kappa shape index (κ2) is 3.15. The Bertz CT molecular complexity index is 353. The summed E-state index contributed by atoms with van der Waals surface area (Å²) in [7, 11) is 0. The van der Waals surface area contributed by atoms with Gasteiger partial charge in [0.15, 0.2) is 5.78 Å². The lowest BCUT2D eigenvalue weighted by Crippen LogP contribution is -2.31. The summed E-state index contributed by atoms with van der Waals surface area (Å²) in [6.45, 7) is 1.74. The van der Waals surface area contributed by atoms with Gasteiger partial charge >= 0.3 is 0 Å². The van der Waals surface area contributed by atoms with E-state index in [0.29, 0.717) is 6.29 Å². The summed E-state index contributed by atoms with van der Waals surface area (Å²) in [4.78, 5) is 22.3. The molecular weight excluding hydrogens is 184 g/mol. The third-order valence-electron chi connectivity index (χ3n) is 2.45. The molecule has 0 unspecified atom stereocenters. The van der Waals surface area contributed by atoms with Crippen molar-refractivity contribution in [1.29, 1.82) is 0 Å². The van der Waals surface area contributed by atoms with Crippen molar-refractivity contribution in [2.24, 2.45) is 0 Å². The van der Waals surface area contributed by atoms with E-state index in [1.165, 1.54) is 6.08 Å². The molecule has 74 valence electrons. The average molecular weight is 194 g/mol. The summed E-state index contributed by atoms with van der Waals surface area (Å²) in [5.74, 6) is -0.208. The Kier molecular flexibility index (Phi) is 2.09. The summed E-state index contributed by atoms with van der Waals surface area (Å²) in [6.07, 6.45) is 1.72. The van der Waals surface area contributed by atoms with E-state index in [1.54, 1.807) is 13.0 Å². The lowest BCUT2D eigenvalue weighted by molar-refractivity contribution is -0.117. The first-order chi connectivity index (χ1) is 6.70. The van der Waals surface area contributed by atoms with E-state index in [1.807, 2.05) is 0 Å². The second-order valence-electron chi connectivity index (χ2n) is 3.32. The number of aldehydes is 1. The first-order valence-electron chi connectivity index (χ1n) is 4.40. The number of epoxide rings is 1. The summed E-state index contributed by atoms with van der Waals surface area (Å²) >= 11 is 0. The zero-order chi connectivity index (χ0) is 10.3. The number of ether oxygens (including phenoxy) is 1. The van der Waals surface area contributed by atoms with Crippen molar-refractivity contribution in [3.63, 3.8) is 0 Å². The highest BCUT2D eigenvalue weighted by atomic mass is 16.6. The Morgan fingerprint density at radius 2 is 2.21 bits per heavy atom. The maximum atomic E-state index is 11.6. The van der Waals surface area contributed by atoms with Gasteiger partial charge in [0.25, 0.3) is 0 Å². The minimum Gasteiger partial charge on any atom is -0.385 e. The molecule has 0 aromatic carbocycles. The van der Waals surface area contributed by atoms with Gasteiger partial charge in [-0.05, 0) is 6.92 Å². The molecule has 2 rings (SSSR count). The normalized spacial score (nSPS) is 36.1. The van der Waals surface area contributed by atoms with Crippen LogP contribution in [0.4, 0.5) is 0 Å². The number of fused-ring (bicyclic) bond motifs is 1. The third-order valence-corrected chi connectivity index (χ3v) is 2.45. The molecule has 0 aromatic heterocycles. The molecule has 4 heteroatoms. The van der Waals surface area contributed by atoms with Gasteiger partial charge in [0, 0.05) is 11.1 Å². The minimum absolute atomic E-state index is 0.131. The van der Waals surface area contributed by atoms with Gasteiger partial charge < -0.3 is 9.84 Å². The van der Waals surface area contributed by atoms with Crippen molar-refractivity contribution in [2.75, 3.05) is 0 Å². The molecule has 0 amide bonds. The number of hydrogen-bond acceptors (Lipinski definition) is 4. The number of carbonyl (C=O) groups excluding carboxylic acids is 2. The highest BCUT2D eigenvalue weighted by Crippen LogP contribution is 2.37. The zero-order valence-electron chi connectivity index (χ0n) is 7.64. The summed E-state index contributed by atoms with van der Waals surface area (Å²) in [5, 5.41) is 9.59. The van der Waals surface area contributed by atoms with Crippen molar-refractivity contribution in [2.45, 2.75) is 25.2 Å². The van der Waals surface area contributed by atoms with E-state index >= 15 is 0 Å². The van der Waals surface area contributed by atoms with Crippen LogP contribution < -0.4 is 0 Å². The number of carbonyl (C=O) groups is 2. The number of rotatable bonds is 2. The van der Waals surface area contributed by atoms with Gasteiger partial charge in [-0.25, -0.2) is 0 Å². The molecule has 0 bridgehead atoms. The van der Waals surface area contributed by atoms with Crippen LogP contribution in [-0.4, -0.2) is 35.5 Å². The van der Waals surface area contributed by atoms with Gasteiger partial charge in [-0.1, -0.05) is 12.2 Å². The van der Waals surface area contributed by atoms with E-state index in [-0.39, 0.29) is 16.9 Å². The predicted molar refractivity (Wildman–Crippen MR) is 47.6 cm³/mol. The molecule has 1 fully saturated rings. The Balaban J connectivity index is 2.46. The van der Waals surface area contributed by atoms with E-state index in [2.05, 4.69) is 0 Å². The Morgan fingerprint density at radius 1 is 1.50 bits per heavy atom. The Labute approximate surface area is 80.9 Å². The van der Waals surface area contributed by atoms with Crippen LogP contribution in [-0.2, 0) is 14.3 Å². The van der Waals surface area contributed by atoms with Crippen LogP contribution in [0.1, 0.15) is 6.92 Å².